The van der Waals surface area contributed by atoms with Gasteiger partial charge in [-0.25, -0.2) is 4.79 Å². The van der Waals surface area contributed by atoms with E-state index in [1.807, 2.05) is 63.2 Å². The van der Waals surface area contributed by atoms with Gasteiger partial charge in [0.25, 0.3) is 5.91 Å². The molecule has 1 atom stereocenters. The van der Waals surface area contributed by atoms with Gasteiger partial charge < -0.3 is 30.5 Å². The summed E-state index contributed by atoms with van der Waals surface area (Å²) in [5.74, 6) is -0.0300. The van der Waals surface area contributed by atoms with Crippen LogP contribution in [0.4, 0.5) is 16.3 Å². The first-order valence-electron chi connectivity index (χ1n) is 13.7. The number of rotatable bonds is 9. The van der Waals surface area contributed by atoms with Gasteiger partial charge in [-0.05, 0) is 58.6 Å². The van der Waals surface area contributed by atoms with Crippen LogP contribution in [0.5, 0.6) is 5.75 Å². The third-order valence-electron chi connectivity index (χ3n) is 7.27. The Hall–Kier alpha value is -4.64. The third kappa shape index (κ3) is 6.31. The molecular weight excluding hydrogens is 534 g/mol. The van der Waals surface area contributed by atoms with Gasteiger partial charge in [0.1, 0.15) is 5.75 Å². The molecule has 3 N–H and O–H groups in total. The minimum absolute atomic E-state index is 0.205. The molecule has 222 valence electrons. The maximum atomic E-state index is 13.7. The average molecular weight is 574 g/mol. The number of nitrogens with zero attached hydrogens (tertiary/aromatic N) is 4. The molecule has 0 saturated carbocycles. The predicted octanol–water partition coefficient (Wildman–Crippen LogP) is 4.26. The molecule has 42 heavy (non-hydrogen) atoms. The topological polar surface area (TPSA) is 121 Å². The Labute approximate surface area is 246 Å². The lowest BCUT2D eigenvalue weighted by atomic mass is 10.0. The SMILES string of the molecule is C/C=C/C(=O)Nc1ccc(C(=O)Nc2nn(C)c3c2CN(C(=O)N[C@H](CN(C)C)c2ccccc2)C3(C)C)c(OC)c1. The van der Waals surface area contributed by atoms with Crippen LogP contribution in [0.1, 0.15) is 54.0 Å². The zero-order valence-corrected chi connectivity index (χ0v) is 25.2. The molecule has 11 heteroatoms. The van der Waals surface area contributed by atoms with Gasteiger partial charge in [0.15, 0.2) is 5.82 Å². The molecule has 4 amide bonds. The van der Waals surface area contributed by atoms with Crippen molar-refractivity contribution >= 4 is 29.4 Å². The number of hydrogen-bond donors (Lipinski definition) is 3. The van der Waals surface area contributed by atoms with Crippen molar-refractivity contribution in [3.63, 3.8) is 0 Å². The van der Waals surface area contributed by atoms with Crippen LogP contribution < -0.4 is 20.7 Å². The highest BCUT2D eigenvalue weighted by Crippen LogP contribution is 2.42. The second-order valence-electron chi connectivity index (χ2n) is 11.0. The van der Waals surface area contributed by atoms with Crippen molar-refractivity contribution in [3.05, 3.63) is 83.1 Å². The van der Waals surface area contributed by atoms with E-state index in [0.717, 1.165) is 16.8 Å². The zero-order chi connectivity index (χ0) is 30.6. The summed E-state index contributed by atoms with van der Waals surface area (Å²) in [6.07, 6.45) is 3.04. The van der Waals surface area contributed by atoms with Crippen molar-refractivity contribution in [2.24, 2.45) is 7.05 Å². The van der Waals surface area contributed by atoms with E-state index in [1.165, 1.54) is 13.2 Å². The van der Waals surface area contributed by atoms with Gasteiger partial charge in [-0.2, -0.15) is 5.10 Å². The predicted molar refractivity (Wildman–Crippen MR) is 162 cm³/mol. The lowest BCUT2D eigenvalue weighted by molar-refractivity contribution is -0.111. The molecule has 0 aliphatic carbocycles. The van der Waals surface area contributed by atoms with Gasteiger partial charge >= 0.3 is 6.03 Å². The van der Waals surface area contributed by atoms with E-state index < -0.39 is 11.4 Å². The van der Waals surface area contributed by atoms with Crippen LogP contribution in [0, 0.1) is 0 Å². The van der Waals surface area contributed by atoms with E-state index >= 15 is 0 Å². The van der Waals surface area contributed by atoms with E-state index in [0.29, 0.717) is 23.8 Å². The van der Waals surface area contributed by atoms with Gasteiger partial charge in [-0.15, -0.1) is 0 Å². The van der Waals surface area contributed by atoms with Crippen molar-refractivity contribution in [1.82, 2.24) is 24.9 Å². The molecule has 0 saturated heterocycles. The maximum Gasteiger partial charge on any atom is 0.319 e. The molecule has 1 aromatic heterocycles. The fraction of sp³-hybridized carbons (Fsp3) is 0.355. The summed E-state index contributed by atoms with van der Waals surface area (Å²) in [4.78, 5) is 42.8. The summed E-state index contributed by atoms with van der Waals surface area (Å²) in [5, 5.41) is 13.4. The van der Waals surface area contributed by atoms with Crippen molar-refractivity contribution < 1.29 is 19.1 Å². The van der Waals surface area contributed by atoms with E-state index in [2.05, 4.69) is 21.0 Å². The lowest BCUT2D eigenvalue weighted by Crippen LogP contribution is -2.49. The van der Waals surface area contributed by atoms with Gasteiger partial charge in [-0.3, -0.25) is 14.3 Å². The van der Waals surface area contributed by atoms with Crippen LogP contribution in [0.3, 0.4) is 0 Å². The van der Waals surface area contributed by atoms with Gasteiger partial charge in [0, 0.05) is 30.9 Å². The minimum atomic E-state index is -0.687. The first-order valence-corrected chi connectivity index (χ1v) is 13.7. The van der Waals surface area contributed by atoms with Crippen LogP contribution in [0.25, 0.3) is 0 Å². The van der Waals surface area contributed by atoms with Crippen molar-refractivity contribution in [2.45, 2.75) is 38.9 Å². The largest absolute Gasteiger partial charge is 0.496 e. The standard InChI is InChI=1S/C31H39N7O4/c1-8-12-26(39)32-21-15-16-22(25(17-21)42-7)29(40)34-28-23-18-38(31(2,3)27(23)37(6)35-28)30(41)33-24(19-36(4)5)20-13-10-9-11-14-20/h8-17,24H,18-19H2,1-7H3,(H,32,39)(H,33,41)(H,34,35,40)/b12-8+/t24-/m1/s1. The maximum absolute atomic E-state index is 13.7. The number of hydrogen-bond acceptors (Lipinski definition) is 6. The van der Waals surface area contributed by atoms with E-state index in [9.17, 15) is 14.4 Å². The average Bonchev–Trinajstić information content (AvgIpc) is 3.41. The molecule has 0 fully saturated rings. The Bertz CT molecular complexity index is 1490. The van der Waals surface area contributed by atoms with E-state index in [4.69, 9.17) is 4.74 Å². The zero-order valence-electron chi connectivity index (χ0n) is 25.2. The Kier molecular flexibility index (Phi) is 9.01. The van der Waals surface area contributed by atoms with E-state index in [1.54, 1.807) is 47.8 Å². The summed E-state index contributed by atoms with van der Waals surface area (Å²) in [6, 6.07) is 14.3. The summed E-state index contributed by atoms with van der Waals surface area (Å²) in [7, 11) is 7.21. The fourth-order valence-electron chi connectivity index (χ4n) is 5.37. The summed E-state index contributed by atoms with van der Waals surface area (Å²) in [5.41, 5.74) is 2.72. The molecule has 2 heterocycles. The number of nitrogens with one attached hydrogen (secondary N) is 3. The van der Waals surface area contributed by atoms with Crippen LogP contribution in [0.15, 0.2) is 60.7 Å². The molecular formula is C31H39N7O4. The smallest absolute Gasteiger partial charge is 0.319 e. The molecule has 0 unspecified atom stereocenters. The molecule has 0 radical (unpaired) electrons. The first-order chi connectivity index (χ1) is 20.0. The number of aryl methyl sites for hydroxylation is 1. The molecule has 4 rings (SSSR count). The van der Waals surface area contributed by atoms with Crippen LogP contribution in [0.2, 0.25) is 0 Å². The minimum Gasteiger partial charge on any atom is -0.496 e. The number of carbonyl (C=O) groups is 3. The fourth-order valence-corrected chi connectivity index (χ4v) is 5.37. The molecule has 3 aromatic rings. The number of anilines is 2. The third-order valence-corrected chi connectivity index (χ3v) is 7.27. The monoisotopic (exact) mass is 573 g/mol. The lowest BCUT2D eigenvalue weighted by Gasteiger charge is -2.34. The Morgan fingerprint density at radius 1 is 1.12 bits per heavy atom. The molecule has 0 bridgehead atoms. The summed E-state index contributed by atoms with van der Waals surface area (Å²) in [6.45, 7) is 6.60. The summed E-state index contributed by atoms with van der Waals surface area (Å²) >= 11 is 0. The Balaban J connectivity index is 1.55. The molecule has 1 aliphatic heterocycles. The van der Waals surface area contributed by atoms with Gasteiger partial charge in [-0.1, -0.05) is 36.4 Å². The highest BCUT2D eigenvalue weighted by atomic mass is 16.5. The van der Waals surface area contributed by atoms with E-state index in [-0.39, 0.29) is 30.1 Å². The highest BCUT2D eigenvalue weighted by Gasteiger charge is 2.45. The van der Waals surface area contributed by atoms with Crippen LogP contribution in [-0.2, 0) is 23.9 Å². The Morgan fingerprint density at radius 2 is 1.83 bits per heavy atom. The molecule has 2 aromatic carbocycles. The molecule has 0 spiro atoms. The van der Waals surface area contributed by atoms with Gasteiger partial charge in [0.2, 0.25) is 5.91 Å². The number of allylic oxidation sites excluding steroid dienone is 1. The second kappa shape index (κ2) is 12.5. The number of methoxy groups -OCH3 is 1. The number of carbonyl (C=O) groups excluding carboxylic acids is 3. The number of benzene rings is 2. The van der Waals surface area contributed by atoms with Crippen molar-refractivity contribution in [2.75, 3.05) is 38.4 Å². The highest BCUT2D eigenvalue weighted by molar-refractivity contribution is 6.07. The van der Waals surface area contributed by atoms with Crippen LogP contribution in [-0.4, -0.2) is 65.2 Å². The Morgan fingerprint density at radius 3 is 2.48 bits per heavy atom. The van der Waals surface area contributed by atoms with Crippen LogP contribution >= 0.6 is 0 Å². The normalized spacial score (nSPS) is 14.5. The quantitative estimate of drug-likeness (QED) is 0.329. The number of urea groups is 1. The number of likely N-dealkylation sites (N-methyl/N-ethyl adjacent to an activating group) is 1. The number of fused-ring (bicyclic) bond motifs is 1. The number of ether oxygens (including phenoxy) is 1. The molecule has 11 nitrogen and oxygen atoms in total. The number of aromatic nitrogens is 2. The number of amides is 4. The second-order valence-corrected chi connectivity index (χ2v) is 11.0. The first kappa shape index (κ1) is 30.3. The molecule has 1 aliphatic rings. The van der Waals surface area contributed by atoms with Gasteiger partial charge in [0.05, 0.1) is 36.5 Å². The summed E-state index contributed by atoms with van der Waals surface area (Å²) < 4.78 is 7.16. The van der Waals surface area contributed by atoms with Crippen molar-refractivity contribution in [1.29, 1.82) is 0 Å². The van der Waals surface area contributed by atoms with Crippen molar-refractivity contribution in [3.8, 4) is 5.75 Å².